The molecule has 0 aliphatic rings. The lowest BCUT2D eigenvalue weighted by Gasteiger charge is -2.22. The molecule has 0 spiro atoms. The van der Waals surface area contributed by atoms with Crippen LogP contribution in [0.25, 0.3) is 0 Å². The highest BCUT2D eigenvalue weighted by Crippen LogP contribution is 2.09. The van der Waals surface area contributed by atoms with E-state index >= 15 is 0 Å². The largest absolute Gasteiger partial charge is 0.451 e. The van der Waals surface area contributed by atoms with Gasteiger partial charge in [-0.2, -0.15) is 0 Å². The molecule has 2 amide bonds. The van der Waals surface area contributed by atoms with E-state index in [9.17, 15) is 14.4 Å². The number of carbonyl (C=O) groups is 3. The number of carbonyl (C=O) groups excluding carboxylic acids is 3. The van der Waals surface area contributed by atoms with Gasteiger partial charge in [0.15, 0.2) is 6.10 Å². The van der Waals surface area contributed by atoms with Crippen molar-refractivity contribution in [1.82, 2.24) is 5.32 Å². The van der Waals surface area contributed by atoms with Crippen molar-refractivity contribution in [1.29, 1.82) is 0 Å². The van der Waals surface area contributed by atoms with Crippen LogP contribution in [0, 0.1) is 12.8 Å². The second-order valence-electron chi connectivity index (χ2n) is 5.54. The summed E-state index contributed by atoms with van der Waals surface area (Å²) in [6, 6.07) is 6.13. The van der Waals surface area contributed by atoms with Gasteiger partial charge in [-0.05, 0) is 31.9 Å². The third-order valence-electron chi connectivity index (χ3n) is 3.21. The van der Waals surface area contributed by atoms with E-state index in [4.69, 9.17) is 10.5 Å². The molecule has 0 saturated carbocycles. The average molecular weight is 306 g/mol. The first kappa shape index (κ1) is 17.7. The topological polar surface area (TPSA) is 98.5 Å². The first-order valence-electron chi connectivity index (χ1n) is 7.09. The highest BCUT2D eigenvalue weighted by atomic mass is 16.5. The maximum atomic E-state index is 12.2. The zero-order valence-corrected chi connectivity index (χ0v) is 13.3. The van der Waals surface area contributed by atoms with Crippen LogP contribution in [0.3, 0.4) is 0 Å². The van der Waals surface area contributed by atoms with Gasteiger partial charge in [-0.15, -0.1) is 0 Å². The monoisotopic (exact) mass is 306 g/mol. The van der Waals surface area contributed by atoms with Gasteiger partial charge < -0.3 is 15.8 Å². The van der Waals surface area contributed by atoms with Gasteiger partial charge in [0.1, 0.15) is 6.04 Å². The summed E-state index contributed by atoms with van der Waals surface area (Å²) in [5, 5.41) is 2.63. The summed E-state index contributed by atoms with van der Waals surface area (Å²) in [6.45, 7) is 6.85. The van der Waals surface area contributed by atoms with Crippen LogP contribution in [-0.2, 0) is 14.3 Å². The van der Waals surface area contributed by atoms with E-state index in [1.807, 2.05) is 19.1 Å². The minimum Gasteiger partial charge on any atom is -0.451 e. The Hall–Kier alpha value is -2.37. The van der Waals surface area contributed by atoms with Crippen molar-refractivity contribution in [2.45, 2.75) is 39.8 Å². The van der Waals surface area contributed by atoms with Crippen LogP contribution < -0.4 is 11.1 Å². The van der Waals surface area contributed by atoms with Gasteiger partial charge >= 0.3 is 5.97 Å². The number of rotatable bonds is 6. The van der Waals surface area contributed by atoms with Gasteiger partial charge in [0.25, 0.3) is 11.8 Å². The Kier molecular flexibility index (Phi) is 6.10. The number of ether oxygens (including phenoxy) is 1. The molecule has 0 heterocycles. The molecule has 0 saturated heterocycles. The van der Waals surface area contributed by atoms with Gasteiger partial charge in [0.05, 0.1) is 0 Å². The van der Waals surface area contributed by atoms with Crippen molar-refractivity contribution in [2.24, 2.45) is 11.7 Å². The molecule has 1 aromatic carbocycles. The summed E-state index contributed by atoms with van der Waals surface area (Å²) >= 11 is 0. The number of primary amides is 1. The van der Waals surface area contributed by atoms with E-state index in [0.717, 1.165) is 5.56 Å². The molecule has 1 aromatic rings. The maximum Gasteiger partial charge on any atom is 0.329 e. The fraction of sp³-hybridized carbons (Fsp3) is 0.438. The Labute approximate surface area is 130 Å². The average Bonchev–Trinajstić information content (AvgIpc) is 2.44. The molecule has 0 bridgehead atoms. The van der Waals surface area contributed by atoms with Gasteiger partial charge in [0.2, 0.25) is 0 Å². The Morgan fingerprint density at radius 2 is 1.64 bits per heavy atom. The summed E-state index contributed by atoms with van der Waals surface area (Å²) in [5.41, 5.74) is 6.55. The SMILES string of the molecule is Cc1ccc(C(=O)N[C@@H](C(=O)O[C@@H](C)C(N)=O)C(C)C)cc1. The Balaban J connectivity index is 2.79. The molecule has 120 valence electrons. The maximum absolute atomic E-state index is 12.2. The highest BCUT2D eigenvalue weighted by Gasteiger charge is 2.28. The van der Waals surface area contributed by atoms with Gasteiger partial charge in [0, 0.05) is 5.56 Å². The number of aryl methyl sites for hydroxylation is 1. The molecule has 0 radical (unpaired) electrons. The fourth-order valence-electron chi connectivity index (χ4n) is 1.73. The van der Waals surface area contributed by atoms with Crippen LogP contribution >= 0.6 is 0 Å². The Morgan fingerprint density at radius 1 is 1.09 bits per heavy atom. The molecule has 6 nitrogen and oxygen atoms in total. The molecule has 3 N–H and O–H groups in total. The van der Waals surface area contributed by atoms with Crippen molar-refractivity contribution >= 4 is 17.8 Å². The quantitative estimate of drug-likeness (QED) is 0.771. The van der Waals surface area contributed by atoms with E-state index in [1.54, 1.807) is 26.0 Å². The molecule has 0 unspecified atom stereocenters. The van der Waals surface area contributed by atoms with Crippen molar-refractivity contribution < 1.29 is 19.1 Å². The zero-order valence-electron chi connectivity index (χ0n) is 13.3. The van der Waals surface area contributed by atoms with E-state index in [2.05, 4.69) is 5.32 Å². The third kappa shape index (κ3) is 4.87. The third-order valence-corrected chi connectivity index (χ3v) is 3.21. The van der Waals surface area contributed by atoms with Crippen LogP contribution in [0.4, 0.5) is 0 Å². The highest BCUT2D eigenvalue weighted by molar-refractivity contribution is 5.97. The number of hydrogen-bond acceptors (Lipinski definition) is 4. The lowest BCUT2D eigenvalue weighted by molar-refractivity contribution is -0.156. The number of amides is 2. The number of benzene rings is 1. The number of nitrogens with two attached hydrogens (primary N) is 1. The van der Waals surface area contributed by atoms with Gasteiger partial charge in [-0.1, -0.05) is 31.5 Å². The second-order valence-corrected chi connectivity index (χ2v) is 5.54. The Morgan fingerprint density at radius 3 is 2.09 bits per heavy atom. The molecule has 0 aliphatic heterocycles. The lowest BCUT2D eigenvalue weighted by atomic mass is 10.0. The van der Waals surface area contributed by atoms with Gasteiger partial charge in [-0.3, -0.25) is 9.59 Å². The number of nitrogens with one attached hydrogen (secondary N) is 1. The summed E-state index contributed by atoms with van der Waals surface area (Å²) in [4.78, 5) is 35.2. The molecular weight excluding hydrogens is 284 g/mol. The molecule has 0 fully saturated rings. The van der Waals surface area contributed by atoms with Crippen LogP contribution in [0.15, 0.2) is 24.3 Å². The van der Waals surface area contributed by atoms with Crippen molar-refractivity contribution in [2.75, 3.05) is 0 Å². The first-order valence-corrected chi connectivity index (χ1v) is 7.09. The molecule has 0 aliphatic carbocycles. The van der Waals surface area contributed by atoms with E-state index < -0.39 is 24.0 Å². The summed E-state index contributed by atoms with van der Waals surface area (Å²) in [6.07, 6.45) is -1.04. The Bertz CT molecular complexity index is 552. The van der Waals surface area contributed by atoms with E-state index in [-0.39, 0.29) is 11.8 Å². The summed E-state index contributed by atoms with van der Waals surface area (Å²) in [5.74, 6) is -1.98. The summed E-state index contributed by atoms with van der Waals surface area (Å²) in [7, 11) is 0. The molecule has 6 heteroatoms. The molecule has 1 rings (SSSR count). The lowest BCUT2D eigenvalue weighted by Crippen LogP contribution is -2.47. The first-order chi connectivity index (χ1) is 10.2. The zero-order chi connectivity index (χ0) is 16.9. The minimum absolute atomic E-state index is 0.193. The van der Waals surface area contributed by atoms with Crippen LogP contribution in [0.5, 0.6) is 0 Å². The predicted octanol–water partition coefficient (Wildman–Crippen LogP) is 1.17. The summed E-state index contributed by atoms with van der Waals surface area (Å²) < 4.78 is 4.96. The van der Waals surface area contributed by atoms with Crippen molar-refractivity contribution in [3.63, 3.8) is 0 Å². The minimum atomic E-state index is -1.04. The standard InChI is InChI=1S/C16H22N2O4/c1-9(2)13(16(21)22-11(4)14(17)19)18-15(20)12-7-5-10(3)6-8-12/h5-9,11,13H,1-4H3,(H2,17,19)(H,18,20)/t11-,13+/m0/s1. The number of esters is 1. The predicted molar refractivity (Wildman–Crippen MR) is 82.0 cm³/mol. The molecule has 0 aromatic heterocycles. The van der Waals surface area contributed by atoms with Crippen LogP contribution in [0.1, 0.15) is 36.7 Å². The number of hydrogen-bond donors (Lipinski definition) is 2. The molecular formula is C16H22N2O4. The van der Waals surface area contributed by atoms with E-state index in [0.29, 0.717) is 5.56 Å². The molecule has 22 heavy (non-hydrogen) atoms. The molecule has 2 atom stereocenters. The fourth-order valence-corrected chi connectivity index (χ4v) is 1.73. The van der Waals surface area contributed by atoms with Gasteiger partial charge in [-0.25, -0.2) is 4.79 Å². The smallest absolute Gasteiger partial charge is 0.329 e. The van der Waals surface area contributed by atoms with Crippen molar-refractivity contribution in [3.8, 4) is 0 Å². The second kappa shape index (κ2) is 7.59. The van der Waals surface area contributed by atoms with Crippen LogP contribution in [0.2, 0.25) is 0 Å². The van der Waals surface area contributed by atoms with Crippen LogP contribution in [-0.4, -0.2) is 29.9 Å². The van der Waals surface area contributed by atoms with Crippen molar-refractivity contribution in [3.05, 3.63) is 35.4 Å². The normalized spacial score (nSPS) is 13.3. The van der Waals surface area contributed by atoms with E-state index in [1.165, 1.54) is 6.92 Å².